The summed E-state index contributed by atoms with van der Waals surface area (Å²) in [6.07, 6.45) is 0.790. The molecule has 0 aliphatic rings. The van der Waals surface area contributed by atoms with Crippen LogP contribution in [0.2, 0.25) is 0 Å². The number of rotatable bonds is 4. The van der Waals surface area contributed by atoms with E-state index in [-0.39, 0.29) is 0 Å². The molecule has 12 heavy (non-hydrogen) atoms. The van der Waals surface area contributed by atoms with Crippen LogP contribution in [0, 0.1) is 0 Å². The summed E-state index contributed by atoms with van der Waals surface area (Å²) in [6, 6.07) is 0. The van der Waals surface area contributed by atoms with Crippen LogP contribution in [0.4, 0.5) is 0 Å². The molecule has 1 rings (SSSR count). The first kappa shape index (κ1) is 9.38. The Bertz CT molecular complexity index is 259. The smallest absolute Gasteiger partial charge is 0.119 e. The van der Waals surface area contributed by atoms with E-state index >= 15 is 0 Å². The highest BCUT2D eigenvalue weighted by atomic mass is 32.1. The zero-order valence-electron chi connectivity index (χ0n) is 6.86. The molecular formula is C8H11NO2S. The quantitative estimate of drug-likeness (QED) is 0.723. The fraction of sp³-hybridized carbons (Fsp3) is 0.375. The van der Waals surface area contributed by atoms with E-state index in [4.69, 9.17) is 4.74 Å². The summed E-state index contributed by atoms with van der Waals surface area (Å²) in [5.74, 6) is 0. The number of thiazole rings is 1. The molecule has 0 aliphatic carbocycles. The Kier molecular flexibility index (Phi) is 3.40. The number of hydrogen-bond donors (Lipinski definition) is 1. The van der Waals surface area contributed by atoms with Crippen molar-refractivity contribution in [1.29, 1.82) is 0 Å². The number of aliphatic hydroxyl groups is 1. The van der Waals surface area contributed by atoms with Gasteiger partial charge in [0.1, 0.15) is 11.1 Å². The Balaban J connectivity index is 2.69. The van der Waals surface area contributed by atoms with Crippen LogP contribution in [0.5, 0.6) is 0 Å². The molecule has 0 bridgehead atoms. The van der Waals surface area contributed by atoms with Gasteiger partial charge in [0, 0.05) is 12.5 Å². The Labute approximate surface area is 75.3 Å². The lowest BCUT2D eigenvalue weighted by Gasteiger charge is -1.97. The van der Waals surface area contributed by atoms with Gasteiger partial charge in [-0.25, -0.2) is 4.98 Å². The van der Waals surface area contributed by atoms with Crippen LogP contribution in [0.1, 0.15) is 16.8 Å². The van der Waals surface area contributed by atoms with Crippen molar-refractivity contribution in [3.05, 3.63) is 28.7 Å². The molecule has 0 radical (unpaired) electrons. The Morgan fingerprint density at radius 3 is 3.25 bits per heavy atom. The molecule has 1 heterocycles. The average Bonchev–Trinajstić information content (AvgIpc) is 2.52. The maximum Gasteiger partial charge on any atom is 0.119 e. The van der Waals surface area contributed by atoms with Gasteiger partial charge in [-0.2, -0.15) is 0 Å². The zero-order valence-corrected chi connectivity index (χ0v) is 7.67. The highest BCUT2D eigenvalue weighted by Gasteiger charge is 2.07. The second-order valence-corrected chi connectivity index (χ2v) is 3.22. The predicted molar refractivity (Wildman–Crippen MR) is 48.0 cm³/mol. The molecule has 1 unspecified atom stereocenters. The zero-order chi connectivity index (χ0) is 8.97. The topological polar surface area (TPSA) is 42.4 Å². The number of methoxy groups -OCH3 is 1. The summed E-state index contributed by atoms with van der Waals surface area (Å²) in [5.41, 5.74) is 0.641. The molecule has 0 aliphatic heterocycles. The second kappa shape index (κ2) is 4.35. The highest BCUT2D eigenvalue weighted by molar-refractivity contribution is 7.09. The average molecular weight is 185 g/mol. The molecule has 1 atom stereocenters. The van der Waals surface area contributed by atoms with Crippen molar-refractivity contribution >= 4 is 11.3 Å². The van der Waals surface area contributed by atoms with Crippen molar-refractivity contribution in [1.82, 2.24) is 4.98 Å². The fourth-order valence-corrected chi connectivity index (χ4v) is 1.56. The first-order valence-electron chi connectivity index (χ1n) is 3.51. The van der Waals surface area contributed by atoms with Gasteiger partial charge in [0.15, 0.2) is 0 Å². The van der Waals surface area contributed by atoms with Crippen molar-refractivity contribution in [3.63, 3.8) is 0 Å². The minimum Gasteiger partial charge on any atom is -0.383 e. The van der Waals surface area contributed by atoms with Crippen LogP contribution < -0.4 is 0 Å². The molecule has 3 nitrogen and oxygen atoms in total. The maximum absolute atomic E-state index is 9.30. The van der Waals surface area contributed by atoms with E-state index < -0.39 is 6.10 Å². The van der Waals surface area contributed by atoms with Crippen LogP contribution in [-0.4, -0.2) is 17.2 Å². The fourth-order valence-electron chi connectivity index (χ4n) is 0.771. The largest absolute Gasteiger partial charge is 0.383 e. The summed E-state index contributed by atoms with van der Waals surface area (Å²) in [6.45, 7) is 3.97. The summed E-state index contributed by atoms with van der Waals surface area (Å²) >= 11 is 1.47. The van der Waals surface area contributed by atoms with Gasteiger partial charge in [-0.3, -0.25) is 0 Å². The van der Waals surface area contributed by atoms with Gasteiger partial charge in [-0.05, 0) is 0 Å². The predicted octanol–water partition coefficient (Wildman–Crippen LogP) is 1.51. The first-order chi connectivity index (χ1) is 5.77. The van der Waals surface area contributed by atoms with Gasteiger partial charge in [0.2, 0.25) is 0 Å². The first-order valence-corrected chi connectivity index (χ1v) is 4.39. The Morgan fingerprint density at radius 1 is 1.92 bits per heavy atom. The lowest BCUT2D eigenvalue weighted by atomic mass is 10.3. The molecule has 0 amide bonds. The van der Waals surface area contributed by atoms with Crippen LogP contribution >= 0.6 is 11.3 Å². The molecule has 4 heteroatoms. The van der Waals surface area contributed by atoms with Crippen LogP contribution in [0.25, 0.3) is 0 Å². The summed E-state index contributed by atoms with van der Waals surface area (Å²) in [4.78, 5) is 4.14. The van der Waals surface area contributed by atoms with Crippen molar-refractivity contribution in [2.24, 2.45) is 0 Å². The van der Waals surface area contributed by atoms with Crippen LogP contribution in [0.3, 0.4) is 0 Å². The highest BCUT2D eigenvalue weighted by Crippen LogP contribution is 2.17. The van der Waals surface area contributed by atoms with E-state index in [1.54, 1.807) is 12.5 Å². The standard InChI is InChI=1S/C8H11NO2S/c1-3-7(10)6-5-12-8(9-6)4-11-2/h3,5,7,10H,1,4H2,2H3. The molecule has 0 spiro atoms. The third kappa shape index (κ3) is 2.14. The normalized spacial score (nSPS) is 12.8. The van der Waals surface area contributed by atoms with Gasteiger partial charge < -0.3 is 9.84 Å². The molecule has 0 aromatic carbocycles. The van der Waals surface area contributed by atoms with Gasteiger partial charge in [0.25, 0.3) is 0 Å². The van der Waals surface area contributed by atoms with E-state index in [0.29, 0.717) is 12.3 Å². The van der Waals surface area contributed by atoms with E-state index in [9.17, 15) is 5.11 Å². The molecule has 0 saturated heterocycles. The van der Waals surface area contributed by atoms with Crippen molar-refractivity contribution < 1.29 is 9.84 Å². The van der Waals surface area contributed by atoms with Crippen molar-refractivity contribution in [3.8, 4) is 0 Å². The number of hydrogen-bond acceptors (Lipinski definition) is 4. The molecule has 0 saturated carbocycles. The maximum atomic E-state index is 9.30. The number of ether oxygens (including phenoxy) is 1. The van der Waals surface area contributed by atoms with Gasteiger partial charge in [-0.1, -0.05) is 6.08 Å². The summed E-state index contributed by atoms with van der Waals surface area (Å²) in [5, 5.41) is 12.0. The van der Waals surface area contributed by atoms with E-state index in [1.165, 1.54) is 17.4 Å². The van der Waals surface area contributed by atoms with E-state index in [2.05, 4.69) is 11.6 Å². The van der Waals surface area contributed by atoms with Crippen LogP contribution in [-0.2, 0) is 11.3 Å². The van der Waals surface area contributed by atoms with Crippen LogP contribution in [0.15, 0.2) is 18.0 Å². The number of aromatic nitrogens is 1. The van der Waals surface area contributed by atoms with Crippen molar-refractivity contribution in [2.45, 2.75) is 12.7 Å². The Hall–Kier alpha value is -0.710. The van der Waals surface area contributed by atoms with E-state index in [1.807, 2.05) is 0 Å². The lowest BCUT2D eigenvalue weighted by molar-refractivity contribution is 0.183. The minimum atomic E-state index is -0.660. The molecule has 66 valence electrons. The Morgan fingerprint density at radius 2 is 2.67 bits per heavy atom. The number of aliphatic hydroxyl groups excluding tert-OH is 1. The summed E-state index contributed by atoms with van der Waals surface area (Å²) < 4.78 is 4.90. The summed E-state index contributed by atoms with van der Waals surface area (Å²) in [7, 11) is 1.62. The lowest BCUT2D eigenvalue weighted by Crippen LogP contribution is -1.93. The molecule has 1 aromatic rings. The van der Waals surface area contributed by atoms with Crippen molar-refractivity contribution in [2.75, 3.05) is 7.11 Å². The van der Waals surface area contributed by atoms with E-state index in [0.717, 1.165) is 5.01 Å². The van der Waals surface area contributed by atoms with Gasteiger partial charge >= 0.3 is 0 Å². The second-order valence-electron chi connectivity index (χ2n) is 2.28. The van der Waals surface area contributed by atoms with Gasteiger partial charge in [-0.15, -0.1) is 17.9 Å². The third-order valence-corrected chi connectivity index (χ3v) is 2.20. The van der Waals surface area contributed by atoms with Gasteiger partial charge in [0.05, 0.1) is 12.3 Å². The molecule has 1 aromatic heterocycles. The monoisotopic (exact) mass is 185 g/mol. The third-order valence-electron chi connectivity index (χ3n) is 1.36. The molecule has 0 fully saturated rings. The molecular weight excluding hydrogens is 174 g/mol. The molecule has 1 N–H and O–H groups in total. The SMILES string of the molecule is C=CC(O)c1csc(COC)n1. The number of nitrogens with zero attached hydrogens (tertiary/aromatic N) is 1. The minimum absolute atomic E-state index is 0.495.